The highest BCUT2D eigenvalue weighted by Crippen LogP contribution is 2.13. The molecule has 18 heavy (non-hydrogen) atoms. The van der Waals surface area contributed by atoms with Crippen molar-refractivity contribution >= 4 is 11.9 Å². The lowest BCUT2D eigenvalue weighted by molar-refractivity contribution is -0.137. The third-order valence-electron chi connectivity index (χ3n) is 3.15. The summed E-state index contributed by atoms with van der Waals surface area (Å²) in [6, 6.07) is 0. The summed E-state index contributed by atoms with van der Waals surface area (Å²) in [5.41, 5.74) is 0. The summed E-state index contributed by atoms with van der Waals surface area (Å²) in [4.78, 5) is 22.0. The Balaban J connectivity index is 1.93. The minimum Gasteiger partial charge on any atom is -0.481 e. The first-order valence-electron chi connectivity index (χ1n) is 6.77. The Kier molecular flexibility index (Phi) is 7.41. The third-order valence-corrected chi connectivity index (χ3v) is 3.15. The van der Waals surface area contributed by atoms with Crippen LogP contribution < -0.4 is 5.32 Å². The van der Waals surface area contributed by atoms with Crippen LogP contribution in [0.2, 0.25) is 0 Å². The number of hydrogen-bond acceptors (Lipinski definition) is 3. The SMILES string of the molecule is O=C(O)CCCCCCNC(=O)C1CCCOC1. The van der Waals surface area contributed by atoms with Gasteiger partial charge in [0.1, 0.15) is 0 Å². The molecule has 1 rings (SSSR count). The normalized spacial score (nSPS) is 19.4. The van der Waals surface area contributed by atoms with E-state index in [9.17, 15) is 9.59 Å². The van der Waals surface area contributed by atoms with Gasteiger partial charge in [0.2, 0.25) is 5.91 Å². The van der Waals surface area contributed by atoms with Crippen LogP contribution in [0.15, 0.2) is 0 Å². The lowest BCUT2D eigenvalue weighted by atomic mass is 10.0. The van der Waals surface area contributed by atoms with Crippen molar-refractivity contribution in [3.63, 3.8) is 0 Å². The van der Waals surface area contributed by atoms with Crippen molar-refractivity contribution in [2.75, 3.05) is 19.8 Å². The quantitative estimate of drug-likeness (QED) is 0.647. The van der Waals surface area contributed by atoms with Crippen LogP contribution >= 0.6 is 0 Å². The van der Waals surface area contributed by atoms with Gasteiger partial charge in [0.05, 0.1) is 12.5 Å². The van der Waals surface area contributed by atoms with Gasteiger partial charge in [-0.2, -0.15) is 0 Å². The van der Waals surface area contributed by atoms with E-state index in [2.05, 4.69) is 5.32 Å². The Hall–Kier alpha value is -1.10. The lowest BCUT2D eigenvalue weighted by Gasteiger charge is -2.21. The number of rotatable bonds is 8. The second-order valence-electron chi connectivity index (χ2n) is 4.76. The van der Waals surface area contributed by atoms with Crippen LogP contribution in [0.1, 0.15) is 44.9 Å². The number of carbonyl (C=O) groups excluding carboxylic acids is 1. The van der Waals surface area contributed by atoms with Crippen molar-refractivity contribution in [2.45, 2.75) is 44.9 Å². The number of carbonyl (C=O) groups is 2. The van der Waals surface area contributed by atoms with Gasteiger partial charge >= 0.3 is 5.97 Å². The summed E-state index contributed by atoms with van der Waals surface area (Å²) in [7, 11) is 0. The van der Waals surface area contributed by atoms with Gasteiger partial charge in [0.25, 0.3) is 0 Å². The molecule has 0 aromatic rings. The Morgan fingerprint density at radius 1 is 1.22 bits per heavy atom. The fraction of sp³-hybridized carbons (Fsp3) is 0.846. The van der Waals surface area contributed by atoms with Crippen LogP contribution in [-0.4, -0.2) is 36.7 Å². The Morgan fingerprint density at radius 2 is 2.00 bits per heavy atom. The fourth-order valence-electron chi connectivity index (χ4n) is 2.06. The summed E-state index contributed by atoms with van der Waals surface area (Å²) in [5.74, 6) is -0.619. The Morgan fingerprint density at radius 3 is 2.67 bits per heavy atom. The second kappa shape index (κ2) is 8.91. The minimum atomic E-state index is -0.736. The van der Waals surface area contributed by atoms with Gasteiger partial charge < -0.3 is 15.2 Å². The molecule has 1 heterocycles. The topological polar surface area (TPSA) is 75.6 Å². The predicted molar refractivity (Wildman–Crippen MR) is 67.3 cm³/mol. The van der Waals surface area contributed by atoms with Crippen LogP contribution in [-0.2, 0) is 14.3 Å². The fourth-order valence-corrected chi connectivity index (χ4v) is 2.06. The van der Waals surface area contributed by atoms with Crippen molar-refractivity contribution in [3.8, 4) is 0 Å². The summed E-state index contributed by atoms with van der Waals surface area (Å²) < 4.78 is 5.27. The van der Waals surface area contributed by atoms with Crippen molar-refractivity contribution in [1.29, 1.82) is 0 Å². The first kappa shape index (κ1) is 15.0. The van der Waals surface area contributed by atoms with Gasteiger partial charge in [-0.05, 0) is 25.7 Å². The van der Waals surface area contributed by atoms with Gasteiger partial charge in [0, 0.05) is 19.6 Å². The minimum absolute atomic E-state index is 0.0192. The zero-order chi connectivity index (χ0) is 13.2. The van der Waals surface area contributed by atoms with Gasteiger partial charge in [-0.3, -0.25) is 9.59 Å². The zero-order valence-electron chi connectivity index (χ0n) is 10.8. The molecule has 1 unspecified atom stereocenters. The van der Waals surface area contributed by atoms with Gasteiger partial charge in [-0.1, -0.05) is 12.8 Å². The molecular weight excluding hydrogens is 234 g/mol. The molecule has 0 radical (unpaired) electrons. The molecule has 0 aromatic carbocycles. The van der Waals surface area contributed by atoms with Gasteiger partial charge in [0.15, 0.2) is 0 Å². The molecule has 5 nitrogen and oxygen atoms in total. The molecule has 1 amide bonds. The smallest absolute Gasteiger partial charge is 0.303 e. The molecule has 1 atom stereocenters. The van der Waals surface area contributed by atoms with E-state index in [1.807, 2.05) is 0 Å². The molecule has 2 N–H and O–H groups in total. The Labute approximate surface area is 108 Å². The first-order valence-corrected chi connectivity index (χ1v) is 6.77. The molecule has 0 saturated carbocycles. The number of hydrogen-bond donors (Lipinski definition) is 2. The average molecular weight is 257 g/mol. The van der Waals surface area contributed by atoms with Crippen molar-refractivity contribution in [3.05, 3.63) is 0 Å². The molecule has 1 saturated heterocycles. The maximum Gasteiger partial charge on any atom is 0.303 e. The van der Waals surface area contributed by atoms with Crippen molar-refractivity contribution < 1.29 is 19.4 Å². The van der Waals surface area contributed by atoms with Crippen LogP contribution in [0.3, 0.4) is 0 Å². The molecule has 104 valence electrons. The van der Waals surface area contributed by atoms with Crippen LogP contribution in [0, 0.1) is 5.92 Å². The summed E-state index contributed by atoms with van der Waals surface area (Å²) in [6.45, 7) is 2.00. The van der Waals surface area contributed by atoms with E-state index >= 15 is 0 Å². The summed E-state index contributed by atoms with van der Waals surface area (Å²) in [6.07, 6.45) is 5.64. The number of ether oxygens (including phenoxy) is 1. The molecule has 0 aliphatic carbocycles. The molecule has 0 aromatic heterocycles. The van der Waals surface area contributed by atoms with Crippen LogP contribution in [0.5, 0.6) is 0 Å². The molecular formula is C13H23NO4. The van der Waals surface area contributed by atoms with E-state index in [4.69, 9.17) is 9.84 Å². The number of amides is 1. The molecule has 1 fully saturated rings. The number of aliphatic carboxylic acids is 1. The predicted octanol–water partition coefficient (Wildman–Crippen LogP) is 1.56. The molecule has 0 spiro atoms. The highest BCUT2D eigenvalue weighted by Gasteiger charge is 2.20. The van der Waals surface area contributed by atoms with Crippen LogP contribution in [0.4, 0.5) is 0 Å². The monoisotopic (exact) mass is 257 g/mol. The van der Waals surface area contributed by atoms with E-state index < -0.39 is 5.97 Å². The number of nitrogens with one attached hydrogen (secondary N) is 1. The summed E-state index contributed by atoms with van der Waals surface area (Å²) in [5, 5.41) is 11.4. The average Bonchev–Trinajstić information content (AvgIpc) is 2.38. The molecule has 0 bridgehead atoms. The van der Waals surface area contributed by atoms with Crippen molar-refractivity contribution in [1.82, 2.24) is 5.32 Å². The first-order chi connectivity index (χ1) is 8.70. The van der Waals surface area contributed by atoms with Gasteiger partial charge in [-0.25, -0.2) is 0 Å². The van der Waals surface area contributed by atoms with Crippen molar-refractivity contribution in [2.24, 2.45) is 5.92 Å². The number of unbranched alkanes of at least 4 members (excludes halogenated alkanes) is 3. The maximum atomic E-state index is 11.7. The van der Waals surface area contributed by atoms with Crippen LogP contribution in [0.25, 0.3) is 0 Å². The highest BCUT2D eigenvalue weighted by molar-refractivity contribution is 5.78. The van der Waals surface area contributed by atoms with E-state index in [1.54, 1.807) is 0 Å². The Bertz CT molecular complexity index is 262. The molecule has 5 heteroatoms. The number of carboxylic acid groups (broad SMARTS) is 1. The molecule has 1 aliphatic rings. The van der Waals surface area contributed by atoms with Gasteiger partial charge in [-0.15, -0.1) is 0 Å². The third kappa shape index (κ3) is 6.59. The standard InChI is InChI=1S/C13H23NO4/c15-12(16)7-3-1-2-4-8-14-13(17)11-6-5-9-18-10-11/h11H,1-10H2,(H,14,17)(H,15,16). The summed E-state index contributed by atoms with van der Waals surface area (Å²) >= 11 is 0. The van der Waals surface area contributed by atoms with E-state index in [1.165, 1.54) is 0 Å². The second-order valence-corrected chi connectivity index (χ2v) is 4.76. The maximum absolute atomic E-state index is 11.7. The van der Waals surface area contributed by atoms with E-state index in [0.717, 1.165) is 45.1 Å². The van der Waals surface area contributed by atoms with E-state index in [-0.39, 0.29) is 18.2 Å². The molecule has 1 aliphatic heterocycles. The number of carboxylic acids is 1. The lowest BCUT2D eigenvalue weighted by Crippen LogP contribution is -2.36. The van der Waals surface area contributed by atoms with E-state index in [0.29, 0.717) is 13.2 Å². The highest BCUT2D eigenvalue weighted by atomic mass is 16.5. The zero-order valence-corrected chi connectivity index (χ0v) is 10.8. The largest absolute Gasteiger partial charge is 0.481 e.